The number of aliphatic hydroxyl groups excluding tert-OH is 1. The van der Waals surface area contributed by atoms with Gasteiger partial charge in [0.25, 0.3) is 0 Å². The minimum atomic E-state index is -0.0919. The van der Waals surface area contributed by atoms with Gasteiger partial charge in [0.2, 0.25) is 0 Å². The van der Waals surface area contributed by atoms with Gasteiger partial charge in [-0.15, -0.1) is 0 Å². The molecular formula is C16H33N3O. The van der Waals surface area contributed by atoms with Crippen molar-refractivity contribution in [2.45, 2.75) is 57.7 Å². The van der Waals surface area contributed by atoms with Crippen LogP contribution in [-0.2, 0) is 0 Å². The molecule has 0 aromatic carbocycles. The first kappa shape index (κ1) is 16.2. The molecule has 2 N–H and O–H groups in total. The summed E-state index contributed by atoms with van der Waals surface area (Å²) in [4.78, 5) is 5.02. The summed E-state index contributed by atoms with van der Waals surface area (Å²) in [6.45, 7) is 11.4. The summed E-state index contributed by atoms with van der Waals surface area (Å²) in [6, 6.07) is 0.994. The molecule has 2 atom stereocenters. The zero-order valence-corrected chi connectivity index (χ0v) is 13.7. The molecule has 0 aromatic heterocycles. The van der Waals surface area contributed by atoms with Crippen LogP contribution in [0.15, 0.2) is 0 Å². The van der Waals surface area contributed by atoms with Gasteiger partial charge < -0.3 is 15.3 Å². The number of nitrogens with one attached hydrogen (secondary N) is 1. The van der Waals surface area contributed by atoms with Crippen LogP contribution < -0.4 is 5.32 Å². The lowest BCUT2D eigenvalue weighted by atomic mass is 9.91. The van der Waals surface area contributed by atoms with Crippen LogP contribution in [0.5, 0.6) is 0 Å². The fraction of sp³-hybridized carbons (Fsp3) is 1.00. The zero-order valence-electron chi connectivity index (χ0n) is 13.7. The molecule has 20 heavy (non-hydrogen) atoms. The van der Waals surface area contributed by atoms with Gasteiger partial charge in [0.05, 0.1) is 12.1 Å². The van der Waals surface area contributed by atoms with Crippen molar-refractivity contribution in [3.63, 3.8) is 0 Å². The summed E-state index contributed by atoms with van der Waals surface area (Å²) in [5, 5.41) is 13.8. The highest BCUT2D eigenvalue weighted by Gasteiger charge is 2.46. The molecule has 4 heteroatoms. The quantitative estimate of drug-likeness (QED) is 0.767. The van der Waals surface area contributed by atoms with Gasteiger partial charge >= 0.3 is 0 Å². The van der Waals surface area contributed by atoms with Crippen molar-refractivity contribution in [2.24, 2.45) is 5.92 Å². The van der Waals surface area contributed by atoms with Gasteiger partial charge in [-0.05, 0) is 52.2 Å². The summed E-state index contributed by atoms with van der Waals surface area (Å²) >= 11 is 0. The molecule has 1 heterocycles. The Morgan fingerprint density at radius 3 is 2.55 bits per heavy atom. The second-order valence-electron chi connectivity index (χ2n) is 7.32. The van der Waals surface area contributed by atoms with Crippen LogP contribution in [-0.4, -0.2) is 72.4 Å². The van der Waals surface area contributed by atoms with Gasteiger partial charge in [0, 0.05) is 25.2 Å². The Bertz CT molecular complexity index is 306. The molecule has 4 nitrogen and oxygen atoms in total. The monoisotopic (exact) mass is 283 g/mol. The highest BCUT2D eigenvalue weighted by Crippen LogP contribution is 2.40. The molecule has 1 aliphatic heterocycles. The second kappa shape index (κ2) is 6.73. The van der Waals surface area contributed by atoms with Gasteiger partial charge in [0.1, 0.15) is 0 Å². The summed E-state index contributed by atoms with van der Waals surface area (Å²) in [7, 11) is 2.21. The fourth-order valence-corrected chi connectivity index (χ4v) is 3.75. The number of nitrogens with zero attached hydrogens (tertiary/aromatic N) is 2. The van der Waals surface area contributed by atoms with E-state index in [-0.39, 0.29) is 12.1 Å². The minimum Gasteiger partial charge on any atom is -0.394 e. The van der Waals surface area contributed by atoms with E-state index in [0.29, 0.717) is 18.0 Å². The minimum absolute atomic E-state index is 0.0919. The Balaban J connectivity index is 2.06. The van der Waals surface area contributed by atoms with Crippen LogP contribution in [0.4, 0.5) is 0 Å². The van der Waals surface area contributed by atoms with Gasteiger partial charge in [-0.25, -0.2) is 0 Å². The van der Waals surface area contributed by atoms with E-state index < -0.39 is 0 Å². The van der Waals surface area contributed by atoms with E-state index in [2.05, 4.69) is 42.9 Å². The van der Waals surface area contributed by atoms with E-state index in [4.69, 9.17) is 0 Å². The molecule has 0 amide bonds. The number of aliphatic hydroxyl groups is 1. The smallest absolute Gasteiger partial charge is 0.0628 e. The lowest BCUT2D eigenvalue weighted by Crippen LogP contribution is -2.61. The normalized spacial score (nSPS) is 29.4. The van der Waals surface area contributed by atoms with Gasteiger partial charge in [-0.3, -0.25) is 4.90 Å². The summed E-state index contributed by atoms with van der Waals surface area (Å²) in [6.07, 6.45) is 3.76. The molecule has 1 saturated heterocycles. The van der Waals surface area contributed by atoms with E-state index >= 15 is 0 Å². The topological polar surface area (TPSA) is 38.7 Å². The Hall–Kier alpha value is -0.160. The van der Waals surface area contributed by atoms with E-state index in [1.54, 1.807) is 0 Å². The van der Waals surface area contributed by atoms with Crippen LogP contribution in [0.25, 0.3) is 0 Å². The standard InChI is InChI=1S/C16H33N3O/c1-13(2)17-16(12-20,15-6-7-15)11-19-9-5-8-18(4)10-14(19)3/h13-15,17,20H,5-12H2,1-4H3. The first-order valence-electron chi connectivity index (χ1n) is 8.28. The van der Waals surface area contributed by atoms with E-state index in [0.717, 1.165) is 19.6 Å². The highest BCUT2D eigenvalue weighted by molar-refractivity contribution is 5.04. The third kappa shape index (κ3) is 3.94. The average molecular weight is 283 g/mol. The van der Waals surface area contributed by atoms with Crippen molar-refractivity contribution < 1.29 is 5.11 Å². The van der Waals surface area contributed by atoms with Crippen molar-refractivity contribution in [3.8, 4) is 0 Å². The number of likely N-dealkylation sites (N-methyl/N-ethyl adjacent to an activating group) is 1. The van der Waals surface area contributed by atoms with Crippen LogP contribution in [0.3, 0.4) is 0 Å². The number of rotatable bonds is 6. The molecule has 1 aliphatic carbocycles. The lowest BCUT2D eigenvalue weighted by molar-refractivity contribution is 0.0682. The third-order valence-electron chi connectivity index (χ3n) is 4.89. The molecule has 0 bridgehead atoms. The third-order valence-corrected chi connectivity index (χ3v) is 4.89. The summed E-state index contributed by atoms with van der Waals surface area (Å²) < 4.78 is 0. The highest BCUT2D eigenvalue weighted by atomic mass is 16.3. The maximum atomic E-state index is 10.1. The molecule has 0 radical (unpaired) electrons. The van der Waals surface area contributed by atoms with E-state index in [1.165, 1.54) is 25.8 Å². The predicted octanol–water partition coefficient (Wildman–Crippen LogP) is 1.15. The molecule has 0 aromatic rings. The lowest BCUT2D eigenvalue weighted by Gasteiger charge is -2.41. The van der Waals surface area contributed by atoms with E-state index in [1.807, 2.05) is 0 Å². The van der Waals surface area contributed by atoms with Crippen molar-refractivity contribution in [1.29, 1.82) is 0 Å². The van der Waals surface area contributed by atoms with Crippen molar-refractivity contribution in [1.82, 2.24) is 15.1 Å². The largest absolute Gasteiger partial charge is 0.394 e. The molecule has 118 valence electrons. The number of hydrogen-bond acceptors (Lipinski definition) is 4. The SMILES string of the molecule is CC(C)NC(CO)(CN1CCCN(C)CC1C)C1CC1. The maximum absolute atomic E-state index is 10.1. The average Bonchev–Trinajstić information content (AvgIpc) is 3.19. The molecule has 2 unspecified atom stereocenters. The Labute approximate surface area is 124 Å². The Morgan fingerprint density at radius 2 is 2.00 bits per heavy atom. The summed E-state index contributed by atoms with van der Waals surface area (Å²) in [5.74, 6) is 0.656. The van der Waals surface area contributed by atoms with Crippen LogP contribution in [0, 0.1) is 5.92 Å². The molecule has 1 saturated carbocycles. The predicted molar refractivity (Wildman–Crippen MR) is 84.0 cm³/mol. The second-order valence-corrected chi connectivity index (χ2v) is 7.32. The first-order valence-corrected chi connectivity index (χ1v) is 8.28. The summed E-state index contributed by atoms with van der Waals surface area (Å²) in [5.41, 5.74) is -0.0919. The van der Waals surface area contributed by atoms with Crippen LogP contribution >= 0.6 is 0 Å². The number of hydrogen-bond donors (Lipinski definition) is 2. The van der Waals surface area contributed by atoms with E-state index in [9.17, 15) is 5.11 Å². The molecule has 0 spiro atoms. The fourth-order valence-electron chi connectivity index (χ4n) is 3.75. The van der Waals surface area contributed by atoms with Crippen molar-refractivity contribution >= 4 is 0 Å². The molecular weight excluding hydrogens is 250 g/mol. The maximum Gasteiger partial charge on any atom is 0.0628 e. The van der Waals surface area contributed by atoms with Crippen LogP contribution in [0.1, 0.15) is 40.0 Å². The van der Waals surface area contributed by atoms with Crippen LogP contribution in [0.2, 0.25) is 0 Å². The molecule has 2 rings (SSSR count). The van der Waals surface area contributed by atoms with Gasteiger partial charge in [-0.1, -0.05) is 13.8 Å². The first-order chi connectivity index (χ1) is 9.47. The van der Waals surface area contributed by atoms with Gasteiger partial charge in [-0.2, -0.15) is 0 Å². The molecule has 2 aliphatic rings. The van der Waals surface area contributed by atoms with Crippen molar-refractivity contribution in [2.75, 3.05) is 39.8 Å². The molecule has 2 fully saturated rings. The Kier molecular flexibility index (Phi) is 5.46. The van der Waals surface area contributed by atoms with Gasteiger partial charge in [0.15, 0.2) is 0 Å². The van der Waals surface area contributed by atoms with Crippen molar-refractivity contribution in [3.05, 3.63) is 0 Å². The zero-order chi connectivity index (χ0) is 14.8. The Morgan fingerprint density at radius 1 is 1.30 bits per heavy atom.